The average molecular weight is 884 g/mol. The lowest BCUT2D eigenvalue weighted by Crippen LogP contribution is -2.28. The van der Waals surface area contributed by atoms with Crippen molar-refractivity contribution in [1.29, 1.82) is 0 Å². The van der Waals surface area contributed by atoms with E-state index >= 15 is 0 Å². The summed E-state index contributed by atoms with van der Waals surface area (Å²) in [6.07, 6.45) is 0. The molecule has 0 N–H and O–H groups in total. The minimum absolute atomic E-state index is 0.521. The SMILES string of the molecule is c1ccc(-c2nc(-c3ccccc3)nc(-c3cccc(-c4ccc(-c5cc6c(cc5-c5ccc7c(c5)sc5ccccc57)-c5ccccc5C6(c5ccccc5)c5ccccc5)cc4)c3)n2)cc1. The molecule has 13 rings (SSSR count). The van der Waals surface area contributed by atoms with Gasteiger partial charge in [-0.2, -0.15) is 0 Å². The highest BCUT2D eigenvalue weighted by Crippen LogP contribution is 2.58. The number of fused-ring (bicyclic) bond motifs is 6. The molecule has 2 aromatic heterocycles. The van der Waals surface area contributed by atoms with Crippen LogP contribution in [0.2, 0.25) is 0 Å². The van der Waals surface area contributed by atoms with Crippen LogP contribution in [0.4, 0.5) is 0 Å². The maximum Gasteiger partial charge on any atom is 0.164 e. The smallest absolute Gasteiger partial charge is 0.164 e. The fourth-order valence-corrected chi connectivity index (χ4v) is 11.6. The van der Waals surface area contributed by atoms with Crippen molar-refractivity contribution >= 4 is 31.5 Å². The summed E-state index contributed by atoms with van der Waals surface area (Å²) < 4.78 is 2.60. The third kappa shape index (κ3) is 6.60. The van der Waals surface area contributed by atoms with Gasteiger partial charge in [-0.15, -0.1) is 11.3 Å². The lowest BCUT2D eigenvalue weighted by Gasteiger charge is -2.34. The quantitative estimate of drug-likeness (QED) is 0.153. The third-order valence-corrected chi connectivity index (χ3v) is 14.8. The molecule has 0 unspecified atom stereocenters. The van der Waals surface area contributed by atoms with Crippen molar-refractivity contribution in [2.75, 3.05) is 0 Å². The lowest BCUT2D eigenvalue weighted by molar-refractivity contribution is 0.769. The average Bonchev–Trinajstić information content (AvgIpc) is 3.94. The van der Waals surface area contributed by atoms with Gasteiger partial charge in [-0.1, -0.05) is 218 Å². The topological polar surface area (TPSA) is 38.7 Å². The van der Waals surface area contributed by atoms with Gasteiger partial charge in [0.2, 0.25) is 0 Å². The molecular formula is C64H41N3S. The Labute approximate surface area is 399 Å². The zero-order valence-electron chi connectivity index (χ0n) is 36.9. The number of rotatable bonds is 8. The van der Waals surface area contributed by atoms with Crippen molar-refractivity contribution in [1.82, 2.24) is 15.0 Å². The molecule has 0 spiro atoms. The highest BCUT2D eigenvalue weighted by Gasteiger charge is 2.46. The predicted octanol–water partition coefficient (Wildman–Crippen LogP) is 16.6. The molecule has 68 heavy (non-hydrogen) atoms. The first-order valence-corrected chi connectivity index (χ1v) is 23.9. The summed E-state index contributed by atoms with van der Waals surface area (Å²) in [6, 6.07) is 89.9. The maximum atomic E-state index is 5.03. The summed E-state index contributed by atoms with van der Waals surface area (Å²) in [5.74, 6) is 1.93. The van der Waals surface area contributed by atoms with Crippen LogP contribution in [-0.2, 0) is 5.41 Å². The second kappa shape index (κ2) is 16.4. The molecular weight excluding hydrogens is 843 g/mol. The van der Waals surface area contributed by atoms with E-state index in [0.29, 0.717) is 17.5 Å². The van der Waals surface area contributed by atoms with Crippen LogP contribution >= 0.6 is 11.3 Å². The number of thiophene rings is 1. The Morgan fingerprint density at radius 1 is 0.265 bits per heavy atom. The largest absolute Gasteiger partial charge is 0.208 e. The van der Waals surface area contributed by atoms with Crippen molar-refractivity contribution < 1.29 is 0 Å². The van der Waals surface area contributed by atoms with E-state index in [0.717, 1.165) is 33.4 Å². The maximum absolute atomic E-state index is 5.03. The molecule has 1 aliphatic rings. The van der Waals surface area contributed by atoms with Gasteiger partial charge in [-0.3, -0.25) is 0 Å². The van der Waals surface area contributed by atoms with Crippen LogP contribution in [0.1, 0.15) is 22.3 Å². The number of hydrogen-bond donors (Lipinski definition) is 0. The van der Waals surface area contributed by atoms with Gasteiger partial charge in [0, 0.05) is 36.9 Å². The lowest BCUT2D eigenvalue weighted by atomic mass is 9.67. The van der Waals surface area contributed by atoms with Gasteiger partial charge in [0.05, 0.1) is 5.41 Å². The molecule has 0 fully saturated rings. The van der Waals surface area contributed by atoms with Gasteiger partial charge in [-0.25, -0.2) is 15.0 Å². The fourth-order valence-electron chi connectivity index (χ4n) is 10.5. The zero-order valence-corrected chi connectivity index (χ0v) is 37.7. The highest BCUT2D eigenvalue weighted by molar-refractivity contribution is 7.25. The molecule has 4 heteroatoms. The van der Waals surface area contributed by atoms with Crippen LogP contribution in [0, 0.1) is 0 Å². The standard InChI is InChI=1S/C64H41N3S/c1-5-18-44(19-6-1)61-65-62(45-20-7-2-8-21-45)67-63(66-61)48-23-17-22-46(38-48)42-32-34-43(35-33-42)55-41-58-56(40-54(55)47-36-37-53-52-29-14-16-31-59(52)68-60(53)39-47)51-28-13-15-30-57(51)64(58,49-24-9-3-10-25-49)50-26-11-4-12-27-50/h1-41H. The molecule has 1 aliphatic carbocycles. The zero-order chi connectivity index (χ0) is 45.0. The van der Waals surface area contributed by atoms with Crippen LogP contribution in [0.25, 0.3) is 98.8 Å². The van der Waals surface area contributed by atoms with E-state index in [1.165, 1.54) is 70.2 Å². The van der Waals surface area contributed by atoms with Crippen LogP contribution in [0.15, 0.2) is 249 Å². The second-order valence-electron chi connectivity index (χ2n) is 17.5. The molecule has 3 nitrogen and oxygen atoms in total. The van der Waals surface area contributed by atoms with Crippen molar-refractivity contribution in [2.24, 2.45) is 0 Å². The Morgan fingerprint density at radius 2 is 0.765 bits per heavy atom. The number of benzene rings is 10. The Kier molecular flexibility index (Phi) is 9.59. The minimum atomic E-state index is -0.521. The molecule has 12 aromatic rings. The Morgan fingerprint density at radius 3 is 1.44 bits per heavy atom. The Bertz CT molecular complexity index is 3730. The molecule has 0 aliphatic heterocycles. The van der Waals surface area contributed by atoms with Gasteiger partial charge in [0.15, 0.2) is 17.5 Å². The summed E-state index contributed by atoms with van der Waals surface area (Å²) in [7, 11) is 0. The molecule has 0 bridgehead atoms. The predicted molar refractivity (Wildman–Crippen MR) is 283 cm³/mol. The first-order chi connectivity index (χ1) is 33.7. The first-order valence-electron chi connectivity index (χ1n) is 23.1. The second-order valence-corrected chi connectivity index (χ2v) is 18.6. The van der Waals surface area contributed by atoms with Crippen molar-refractivity contribution in [2.45, 2.75) is 5.41 Å². The summed E-state index contributed by atoms with van der Waals surface area (Å²) in [4.78, 5) is 15.0. The summed E-state index contributed by atoms with van der Waals surface area (Å²) in [5.41, 5.74) is 16.9. The van der Waals surface area contributed by atoms with E-state index in [9.17, 15) is 0 Å². The van der Waals surface area contributed by atoms with E-state index in [1.807, 2.05) is 72.0 Å². The molecule has 0 radical (unpaired) electrons. The summed E-state index contributed by atoms with van der Waals surface area (Å²) >= 11 is 1.87. The number of nitrogens with zero attached hydrogens (tertiary/aromatic N) is 3. The van der Waals surface area contributed by atoms with E-state index < -0.39 is 5.41 Å². The normalized spacial score (nSPS) is 12.5. The molecule has 10 aromatic carbocycles. The number of aromatic nitrogens is 3. The Balaban J connectivity index is 0.977. The molecule has 2 heterocycles. The van der Waals surface area contributed by atoms with Crippen LogP contribution in [0.5, 0.6) is 0 Å². The third-order valence-electron chi connectivity index (χ3n) is 13.6. The summed E-state index contributed by atoms with van der Waals surface area (Å²) in [6.45, 7) is 0. The van der Waals surface area contributed by atoms with Gasteiger partial charge in [-0.05, 0) is 97.1 Å². The van der Waals surface area contributed by atoms with Gasteiger partial charge >= 0.3 is 0 Å². The minimum Gasteiger partial charge on any atom is -0.208 e. The monoisotopic (exact) mass is 883 g/mol. The molecule has 0 amide bonds. The van der Waals surface area contributed by atoms with E-state index in [2.05, 4.69) is 188 Å². The van der Waals surface area contributed by atoms with Crippen molar-refractivity contribution in [3.63, 3.8) is 0 Å². The van der Waals surface area contributed by atoms with E-state index in [4.69, 9.17) is 15.0 Å². The van der Waals surface area contributed by atoms with Crippen LogP contribution in [-0.4, -0.2) is 15.0 Å². The van der Waals surface area contributed by atoms with E-state index in [-0.39, 0.29) is 0 Å². The van der Waals surface area contributed by atoms with Crippen LogP contribution in [0.3, 0.4) is 0 Å². The molecule has 0 atom stereocenters. The van der Waals surface area contributed by atoms with Gasteiger partial charge in [0.25, 0.3) is 0 Å². The first kappa shape index (κ1) is 39.8. The molecule has 318 valence electrons. The van der Waals surface area contributed by atoms with Crippen LogP contribution < -0.4 is 0 Å². The van der Waals surface area contributed by atoms with Gasteiger partial charge < -0.3 is 0 Å². The number of hydrogen-bond acceptors (Lipinski definition) is 4. The molecule has 0 saturated carbocycles. The highest BCUT2D eigenvalue weighted by atomic mass is 32.1. The molecule has 0 saturated heterocycles. The fraction of sp³-hybridized carbons (Fsp3) is 0.0156. The van der Waals surface area contributed by atoms with Crippen molar-refractivity contribution in [3.8, 4) is 78.7 Å². The van der Waals surface area contributed by atoms with E-state index in [1.54, 1.807) is 0 Å². The summed E-state index contributed by atoms with van der Waals surface area (Å²) in [5, 5.41) is 2.60. The Hall–Kier alpha value is -8.57. The van der Waals surface area contributed by atoms with Gasteiger partial charge in [0.1, 0.15) is 0 Å². The van der Waals surface area contributed by atoms with Crippen molar-refractivity contribution in [3.05, 3.63) is 271 Å².